The Balaban J connectivity index is 1.49. The van der Waals surface area contributed by atoms with Gasteiger partial charge in [-0.05, 0) is 57.6 Å². The summed E-state index contributed by atoms with van der Waals surface area (Å²) in [6.07, 6.45) is 9.08. The molecule has 1 atom stereocenters. The highest BCUT2D eigenvalue weighted by atomic mass is 15.3. The van der Waals surface area contributed by atoms with Crippen LogP contribution in [0.1, 0.15) is 54.5 Å². The van der Waals surface area contributed by atoms with Gasteiger partial charge in [-0.25, -0.2) is 9.97 Å². The minimum atomic E-state index is 0.385. The SMILES string of the molecule is Cc1nc2c(c(N3CCC[C@H](c4nnc5ccccn45)C3)n1)CCCC2. The van der Waals surface area contributed by atoms with Gasteiger partial charge in [0.05, 0.1) is 0 Å². The van der Waals surface area contributed by atoms with Crippen LogP contribution in [0.3, 0.4) is 0 Å². The molecule has 6 heteroatoms. The van der Waals surface area contributed by atoms with Gasteiger partial charge < -0.3 is 4.90 Å². The molecule has 0 aromatic carbocycles. The third-order valence-electron chi connectivity index (χ3n) is 5.70. The molecular formula is C20H24N6. The first-order valence-corrected chi connectivity index (χ1v) is 9.70. The first kappa shape index (κ1) is 15.7. The topological polar surface area (TPSA) is 59.2 Å². The van der Waals surface area contributed by atoms with Crippen molar-refractivity contribution in [3.8, 4) is 0 Å². The number of pyridine rings is 1. The normalized spacial score (nSPS) is 20.3. The molecule has 1 aliphatic carbocycles. The van der Waals surface area contributed by atoms with Crippen molar-refractivity contribution >= 4 is 11.5 Å². The molecule has 2 aliphatic rings. The quantitative estimate of drug-likeness (QED) is 0.712. The van der Waals surface area contributed by atoms with Crippen LogP contribution in [0.4, 0.5) is 5.82 Å². The van der Waals surface area contributed by atoms with Crippen molar-refractivity contribution in [2.24, 2.45) is 0 Å². The van der Waals surface area contributed by atoms with Gasteiger partial charge in [-0.1, -0.05) is 6.07 Å². The molecule has 4 heterocycles. The number of rotatable bonds is 2. The highest BCUT2D eigenvalue weighted by Gasteiger charge is 2.28. The Morgan fingerprint density at radius 1 is 1.04 bits per heavy atom. The minimum Gasteiger partial charge on any atom is -0.356 e. The van der Waals surface area contributed by atoms with Gasteiger partial charge in [0.1, 0.15) is 17.5 Å². The van der Waals surface area contributed by atoms with Gasteiger partial charge >= 0.3 is 0 Å². The Kier molecular flexibility index (Phi) is 3.84. The van der Waals surface area contributed by atoms with E-state index >= 15 is 0 Å². The van der Waals surface area contributed by atoms with Crippen LogP contribution < -0.4 is 4.90 Å². The zero-order valence-corrected chi connectivity index (χ0v) is 15.2. The molecule has 3 aromatic rings. The molecule has 6 nitrogen and oxygen atoms in total. The number of aromatic nitrogens is 5. The average Bonchev–Trinajstić information content (AvgIpc) is 3.11. The molecule has 0 saturated carbocycles. The van der Waals surface area contributed by atoms with E-state index in [1.807, 2.05) is 25.1 Å². The lowest BCUT2D eigenvalue weighted by Crippen LogP contribution is -2.37. The van der Waals surface area contributed by atoms with Gasteiger partial charge in [0, 0.05) is 36.5 Å². The van der Waals surface area contributed by atoms with Crippen molar-refractivity contribution in [3.05, 3.63) is 47.3 Å². The molecule has 0 radical (unpaired) electrons. The third kappa shape index (κ3) is 2.64. The summed E-state index contributed by atoms with van der Waals surface area (Å²) in [5.74, 6) is 3.53. The second-order valence-corrected chi connectivity index (χ2v) is 7.50. The summed E-state index contributed by atoms with van der Waals surface area (Å²) >= 11 is 0. The average molecular weight is 348 g/mol. The van der Waals surface area contributed by atoms with E-state index in [2.05, 4.69) is 25.7 Å². The predicted molar refractivity (Wildman–Crippen MR) is 101 cm³/mol. The Morgan fingerprint density at radius 3 is 2.92 bits per heavy atom. The first-order valence-electron chi connectivity index (χ1n) is 9.70. The Morgan fingerprint density at radius 2 is 1.96 bits per heavy atom. The van der Waals surface area contributed by atoms with Gasteiger partial charge in [-0.15, -0.1) is 10.2 Å². The molecule has 134 valence electrons. The summed E-state index contributed by atoms with van der Waals surface area (Å²) in [6.45, 7) is 4.04. The van der Waals surface area contributed by atoms with Crippen LogP contribution in [0, 0.1) is 6.92 Å². The van der Waals surface area contributed by atoms with E-state index in [4.69, 9.17) is 9.97 Å². The second-order valence-electron chi connectivity index (χ2n) is 7.50. The monoisotopic (exact) mass is 348 g/mol. The zero-order valence-electron chi connectivity index (χ0n) is 15.2. The van der Waals surface area contributed by atoms with Gasteiger partial charge in [-0.3, -0.25) is 4.40 Å². The maximum atomic E-state index is 4.86. The lowest BCUT2D eigenvalue weighted by atomic mass is 9.93. The maximum absolute atomic E-state index is 4.86. The Hall–Kier alpha value is -2.50. The second kappa shape index (κ2) is 6.34. The number of nitrogens with zero attached hydrogens (tertiary/aromatic N) is 6. The number of hydrogen-bond acceptors (Lipinski definition) is 5. The molecule has 0 bridgehead atoms. The van der Waals surface area contributed by atoms with Gasteiger partial charge in [0.25, 0.3) is 0 Å². The summed E-state index contributed by atoms with van der Waals surface area (Å²) in [4.78, 5) is 12.0. The van der Waals surface area contributed by atoms with Gasteiger partial charge in [0.2, 0.25) is 0 Å². The van der Waals surface area contributed by atoms with E-state index in [1.54, 1.807) is 0 Å². The van der Waals surface area contributed by atoms with E-state index in [-0.39, 0.29) is 0 Å². The highest BCUT2D eigenvalue weighted by molar-refractivity contribution is 5.51. The molecular weight excluding hydrogens is 324 g/mol. The molecule has 0 N–H and O–H groups in total. The molecule has 1 fully saturated rings. The number of fused-ring (bicyclic) bond motifs is 2. The van der Waals surface area contributed by atoms with Crippen LogP contribution in [0.15, 0.2) is 24.4 Å². The standard InChI is InChI=1S/C20H24N6/c1-14-21-17-9-3-2-8-16(17)20(22-14)25-11-6-7-15(13-25)19-24-23-18-10-4-5-12-26(18)19/h4-5,10,12,15H,2-3,6-9,11,13H2,1H3/t15-/m0/s1. The summed E-state index contributed by atoms with van der Waals surface area (Å²) in [7, 11) is 0. The van der Waals surface area contributed by atoms with E-state index in [1.165, 1.54) is 29.9 Å². The van der Waals surface area contributed by atoms with Crippen molar-refractivity contribution in [3.63, 3.8) is 0 Å². The van der Waals surface area contributed by atoms with Crippen molar-refractivity contribution < 1.29 is 0 Å². The molecule has 0 amide bonds. The zero-order chi connectivity index (χ0) is 17.5. The Labute approximate surface area is 153 Å². The van der Waals surface area contributed by atoms with E-state index in [0.717, 1.165) is 56.1 Å². The van der Waals surface area contributed by atoms with Gasteiger partial charge in [0.15, 0.2) is 5.65 Å². The van der Waals surface area contributed by atoms with Crippen LogP contribution in [-0.4, -0.2) is 37.7 Å². The molecule has 5 rings (SSSR count). The third-order valence-corrected chi connectivity index (χ3v) is 5.70. The summed E-state index contributed by atoms with van der Waals surface area (Å²) in [5, 5.41) is 8.85. The molecule has 1 aliphatic heterocycles. The van der Waals surface area contributed by atoms with Crippen molar-refractivity contribution in [1.29, 1.82) is 0 Å². The first-order chi connectivity index (χ1) is 12.8. The van der Waals surface area contributed by atoms with E-state index < -0.39 is 0 Å². The minimum absolute atomic E-state index is 0.385. The summed E-state index contributed by atoms with van der Waals surface area (Å²) in [5.41, 5.74) is 3.58. The summed E-state index contributed by atoms with van der Waals surface area (Å²) in [6, 6.07) is 6.07. The molecule has 26 heavy (non-hydrogen) atoms. The van der Waals surface area contributed by atoms with Crippen LogP contribution in [0.5, 0.6) is 0 Å². The fourth-order valence-corrected chi connectivity index (χ4v) is 4.47. The molecule has 3 aromatic heterocycles. The van der Waals surface area contributed by atoms with E-state index in [0.29, 0.717) is 5.92 Å². The summed E-state index contributed by atoms with van der Waals surface area (Å²) < 4.78 is 2.13. The number of aryl methyl sites for hydroxylation is 2. The van der Waals surface area contributed by atoms with Gasteiger partial charge in [-0.2, -0.15) is 0 Å². The predicted octanol–water partition coefficient (Wildman–Crippen LogP) is 3.09. The maximum Gasteiger partial charge on any atom is 0.160 e. The van der Waals surface area contributed by atoms with Crippen molar-refractivity contribution in [2.75, 3.05) is 18.0 Å². The largest absolute Gasteiger partial charge is 0.356 e. The number of anilines is 1. The smallest absolute Gasteiger partial charge is 0.160 e. The highest BCUT2D eigenvalue weighted by Crippen LogP contribution is 2.33. The number of piperidine rings is 1. The fraction of sp³-hybridized carbons (Fsp3) is 0.500. The van der Waals surface area contributed by atoms with Crippen LogP contribution in [0.25, 0.3) is 5.65 Å². The number of hydrogen-bond donors (Lipinski definition) is 0. The molecule has 0 unspecified atom stereocenters. The molecule has 1 saturated heterocycles. The van der Waals surface area contributed by atoms with Crippen LogP contribution in [-0.2, 0) is 12.8 Å². The van der Waals surface area contributed by atoms with Crippen LogP contribution >= 0.6 is 0 Å². The fourth-order valence-electron chi connectivity index (χ4n) is 4.47. The van der Waals surface area contributed by atoms with Crippen LogP contribution in [0.2, 0.25) is 0 Å². The lowest BCUT2D eigenvalue weighted by molar-refractivity contribution is 0.482. The lowest BCUT2D eigenvalue weighted by Gasteiger charge is -2.35. The van der Waals surface area contributed by atoms with E-state index in [9.17, 15) is 0 Å². The Bertz CT molecular complexity index is 947. The molecule has 0 spiro atoms. The van der Waals surface area contributed by atoms with Crippen molar-refractivity contribution in [1.82, 2.24) is 24.6 Å². The van der Waals surface area contributed by atoms with Crippen molar-refractivity contribution in [2.45, 2.75) is 51.4 Å².